The van der Waals surface area contributed by atoms with Crippen LogP contribution in [0.1, 0.15) is 29.3 Å². The molecular formula is C19H16N4O3. The molecule has 1 N–H and O–H groups in total. The Labute approximate surface area is 150 Å². The quantitative estimate of drug-likeness (QED) is 0.733. The Hall–Kier alpha value is -3.66. The van der Waals surface area contributed by atoms with E-state index in [0.29, 0.717) is 23.6 Å². The zero-order valence-corrected chi connectivity index (χ0v) is 14.1. The predicted molar refractivity (Wildman–Crippen MR) is 94.3 cm³/mol. The van der Waals surface area contributed by atoms with E-state index in [9.17, 15) is 10.1 Å². The lowest BCUT2D eigenvalue weighted by atomic mass is 10.0. The van der Waals surface area contributed by atoms with Crippen molar-refractivity contribution < 1.29 is 14.6 Å². The summed E-state index contributed by atoms with van der Waals surface area (Å²) in [4.78, 5) is 15.3. The Bertz CT molecular complexity index is 988. The second-order valence-electron chi connectivity index (χ2n) is 5.55. The second kappa shape index (κ2) is 7.49. The van der Waals surface area contributed by atoms with Crippen molar-refractivity contribution in [2.24, 2.45) is 0 Å². The Morgan fingerprint density at radius 3 is 2.88 bits per heavy atom. The number of aromatic nitrogens is 3. The van der Waals surface area contributed by atoms with Crippen LogP contribution in [0.25, 0.3) is 16.9 Å². The molecule has 0 saturated carbocycles. The van der Waals surface area contributed by atoms with Crippen molar-refractivity contribution in [2.45, 2.75) is 13.3 Å². The van der Waals surface area contributed by atoms with Gasteiger partial charge in [0.15, 0.2) is 5.82 Å². The highest BCUT2D eigenvalue weighted by molar-refractivity contribution is 5.87. The van der Waals surface area contributed by atoms with Crippen LogP contribution in [-0.2, 0) is 0 Å². The van der Waals surface area contributed by atoms with Crippen LogP contribution >= 0.6 is 0 Å². The smallest absolute Gasteiger partial charge is 0.338 e. The highest BCUT2D eigenvalue weighted by Gasteiger charge is 2.12. The molecule has 3 rings (SSSR count). The third kappa shape index (κ3) is 3.54. The first-order valence-corrected chi connectivity index (χ1v) is 8.04. The van der Waals surface area contributed by atoms with E-state index in [-0.39, 0.29) is 5.56 Å². The molecule has 1 aromatic carbocycles. The molecule has 26 heavy (non-hydrogen) atoms. The summed E-state index contributed by atoms with van der Waals surface area (Å²) < 4.78 is 6.96. The fraction of sp³-hybridized carbons (Fsp3) is 0.158. The lowest BCUT2D eigenvalue weighted by Gasteiger charge is -2.09. The summed E-state index contributed by atoms with van der Waals surface area (Å²) in [5.74, 6) is 0.0314. The standard InChI is InChI=1S/C19H16N4O3/c1-2-6-26-16-5-3-4-13(7-16)17-11-21-18(8-14(17)9-20)23-12-15(10-22-23)19(24)25/h3-5,7-8,10-12H,2,6H2,1H3,(H,24,25). The Morgan fingerprint density at radius 1 is 1.35 bits per heavy atom. The Kier molecular flexibility index (Phi) is 4.94. The number of pyridine rings is 1. The van der Waals surface area contributed by atoms with Crippen molar-refractivity contribution in [1.29, 1.82) is 5.26 Å². The number of hydrogen-bond acceptors (Lipinski definition) is 5. The predicted octanol–water partition coefficient (Wildman–Crippen LogP) is 3.29. The molecule has 0 radical (unpaired) electrons. The van der Waals surface area contributed by atoms with Gasteiger partial charge < -0.3 is 9.84 Å². The molecule has 0 fully saturated rings. The van der Waals surface area contributed by atoms with Gasteiger partial charge in [-0.25, -0.2) is 14.5 Å². The molecule has 2 aromatic heterocycles. The van der Waals surface area contributed by atoms with Crippen molar-refractivity contribution in [3.05, 3.63) is 60.0 Å². The molecule has 130 valence electrons. The van der Waals surface area contributed by atoms with Crippen molar-refractivity contribution in [3.8, 4) is 28.8 Å². The van der Waals surface area contributed by atoms with Gasteiger partial charge in [-0.1, -0.05) is 19.1 Å². The van der Waals surface area contributed by atoms with Crippen LogP contribution < -0.4 is 4.74 Å². The molecule has 0 saturated heterocycles. The van der Waals surface area contributed by atoms with Gasteiger partial charge in [-0.2, -0.15) is 10.4 Å². The molecule has 2 heterocycles. The van der Waals surface area contributed by atoms with Gasteiger partial charge in [-0.3, -0.25) is 0 Å². The Balaban J connectivity index is 1.97. The molecule has 0 atom stereocenters. The van der Waals surface area contributed by atoms with Gasteiger partial charge in [0, 0.05) is 24.0 Å². The fourth-order valence-corrected chi connectivity index (χ4v) is 2.42. The van der Waals surface area contributed by atoms with E-state index in [2.05, 4.69) is 16.2 Å². The maximum absolute atomic E-state index is 11.0. The number of carboxylic acids is 1. The normalized spacial score (nSPS) is 10.3. The molecule has 0 unspecified atom stereocenters. The summed E-state index contributed by atoms with van der Waals surface area (Å²) in [6.07, 6.45) is 5.07. The molecular weight excluding hydrogens is 332 g/mol. The summed E-state index contributed by atoms with van der Waals surface area (Å²) >= 11 is 0. The van der Waals surface area contributed by atoms with Crippen molar-refractivity contribution in [3.63, 3.8) is 0 Å². The molecule has 7 heteroatoms. The van der Waals surface area contributed by atoms with Crippen LogP contribution in [0.3, 0.4) is 0 Å². The third-order valence-electron chi connectivity index (χ3n) is 3.69. The van der Waals surface area contributed by atoms with Crippen molar-refractivity contribution in [1.82, 2.24) is 14.8 Å². The second-order valence-corrected chi connectivity index (χ2v) is 5.55. The number of hydrogen-bond donors (Lipinski definition) is 1. The molecule has 3 aromatic rings. The minimum atomic E-state index is -1.07. The lowest BCUT2D eigenvalue weighted by molar-refractivity contribution is 0.0697. The minimum absolute atomic E-state index is 0.0511. The van der Waals surface area contributed by atoms with Crippen molar-refractivity contribution >= 4 is 5.97 Å². The number of benzene rings is 1. The highest BCUT2D eigenvalue weighted by atomic mass is 16.5. The first kappa shape index (κ1) is 17.2. The lowest BCUT2D eigenvalue weighted by Crippen LogP contribution is -2.00. The van der Waals surface area contributed by atoms with Crippen molar-refractivity contribution in [2.75, 3.05) is 6.61 Å². The minimum Gasteiger partial charge on any atom is -0.494 e. The first-order valence-electron chi connectivity index (χ1n) is 8.04. The van der Waals surface area contributed by atoms with Crippen LogP contribution in [-0.4, -0.2) is 32.4 Å². The van der Waals surface area contributed by atoms with E-state index in [4.69, 9.17) is 9.84 Å². The van der Waals surface area contributed by atoms with Crippen LogP contribution in [0.4, 0.5) is 0 Å². The van der Waals surface area contributed by atoms with Gasteiger partial charge >= 0.3 is 5.97 Å². The van der Waals surface area contributed by atoms with Gasteiger partial charge in [-0.05, 0) is 24.1 Å². The molecule has 0 amide bonds. The number of rotatable bonds is 6. The maximum atomic E-state index is 11.0. The number of nitriles is 1. The number of aromatic carboxylic acids is 1. The van der Waals surface area contributed by atoms with Gasteiger partial charge in [0.05, 0.1) is 30.0 Å². The summed E-state index contributed by atoms with van der Waals surface area (Å²) in [6.45, 7) is 2.66. The van der Waals surface area contributed by atoms with Gasteiger partial charge in [-0.15, -0.1) is 0 Å². The van der Waals surface area contributed by atoms with Gasteiger partial charge in [0.1, 0.15) is 5.75 Å². The van der Waals surface area contributed by atoms with Crippen LogP contribution in [0.5, 0.6) is 5.75 Å². The largest absolute Gasteiger partial charge is 0.494 e. The summed E-state index contributed by atoms with van der Waals surface area (Å²) in [5.41, 5.74) is 1.95. The highest BCUT2D eigenvalue weighted by Crippen LogP contribution is 2.27. The molecule has 0 bridgehead atoms. The average molecular weight is 348 g/mol. The summed E-state index contributed by atoms with van der Waals surface area (Å²) in [6, 6.07) is 11.2. The number of nitrogens with zero attached hydrogens (tertiary/aromatic N) is 4. The zero-order valence-electron chi connectivity index (χ0n) is 14.1. The molecule has 0 aliphatic heterocycles. The molecule has 0 aliphatic rings. The van der Waals surface area contributed by atoms with Crippen LogP contribution in [0.2, 0.25) is 0 Å². The first-order chi connectivity index (χ1) is 12.6. The fourth-order valence-electron chi connectivity index (χ4n) is 2.42. The van der Waals surface area contributed by atoms with E-state index in [1.165, 1.54) is 17.1 Å². The SMILES string of the molecule is CCCOc1cccc(-c2cnc(-n3cc(C(=O)O)cn3)cc2C#N)c1. The van der Waals surface area contributed by atoms with E-state index >= 15 is 0 Å². The van der Waals surface area contributed by atoms with Crippen LogP contribution in [0, 0.1) is 11.3 Å². The molecule has 7 nitrogen and oxygen atoms in total. The average Bonchev–Trinajstić information content (AvgIpc) is 3.16. The zero-order chi connectivity index (χ0) is 18.5. The van der Waals surface area contributed by atoms with Gasteiger partial charge in [0.25, 0.3) is 0 Å². The topological polar surface area (TPSA) is 101 Å². The monoisotopic (exact) mass is 348 g/mol. The Morgan fingerprint density at radius 2 is 2.19 bits per heavy atom. The third-order valence-corrected chi connectivity index (χ3v) is 3.69. The molecule has 0 spiro atoms. The van der Waals surface area contributed by atoms with E-state index in [0.717, 1.165) is 17.7 Å². The summed E-state index contributed by atoms with van der Waals surface area (Å²) in [7, 11) is 0. The van der Waals surface area contributed by atoms with Crippen LogP contribution in [0.15, 0.2) is 48.9 Å². The van der Waals surface area contributed by atoms with E-state index in [1.807, 2.05) is 31.2 Å². The number of carboxylic acid groups (broad SMARTS) is 1. The van der Waals surface area contributed by atoms with E-state index in [1.54, 1.807) is 12.3 Å². The number of carbonyl (C=O) groups is 1. The maximum Gasteiger partial charge on any atom is 0.338 e. The van der Waals surface area contributed by atoms with E-state index < -0.39 is 5.97 Å². The summed E-state index contributed by atoms with van der Waals surface area (Å²) in [5, 5.41) is 22.5. The molecule has 0 aliphatic carbocycles. The number of ether oxygens (including phenoxy) is 1. The van der Waals surface area contributed by atoms with Gasteiger partial charge in [0.2, 0.25) is 0 Å².